The van der Waals surface area contributed by atoms with Crippen molar-refractivity contribution in [2.24, 2.45) is 0 Å². The number of hydrogen-bond donors (Lipinski definition) is 10. The summed E-state index contributed by atoms with van der Waals surface area (Å²) >= 11 is 10.9. The highest BCUT2D eigenvalue weighted by atomic mass is 32.9. The zero-order valence-electron chi connectivity index (χ0n) is 25.1. The number of nitrogens with zero attached hydrogens (tertiary/aromatic N) is 6. The normalized spacial score (nSPS) is 29.5. The molecule has 4 aromatic rings. The maximum absolute atomic E-state index is 12.1. The van der Waals surface area contributed by atoms with E-state index in [1.807, 2.05) is 0 Å². The zero-order valence-corrected chi connectivity index (χ0v) is 29.3. The Balaban J connectivity index is 0.958. The Kier molecular flexibility index (Phi) is 10.8. The maximum Gasteiger partial charge on any atom is 0.324 e. The Morgan fingerprint density at radius 3 is 1.74 bits per heavy atom. The Hall–Kier alpha value is -2.49. The Morgan fingerprint density at radius 2 is 1.26 bits per heavy atom. The van der Waals surface area contributed by atoms with E-state index in [2.05, 4.69) is 29.9 Å². The summed E-state index contributed by atoms with van der Waals surface area (Å²) in [5.41, 5.74) is 6.31. The second kappa shape index (κ2) is 14.5. The van der Waals surface area contributed by atoms with Gasteiger partial charge in [-0.2, -0.15) is 9.97 Å². The fourth-order valence-electron chi connectivity index (χ4n) is 5.17. The van der Waals surface area contributed by atoms with Crippen LogP contribution in [0.3, 0.4) is 0 Å². The van der Waals surface area contributed by atoms with Crippen LogP contribution in [0.5, 0.6) is 0 Å². The summed E-state index contributed by atoms with van der Waals surface area (Å²) in [6.07, 6.45) is -8.40. The van der Waals surface area contributed by atoms with Gasteiger partial charge < -0.3 is 64.7 Å². The molecule has 10 atom stereocenters. The van der Waals surface area contributed by atoms with Crippen molar-refractivity contribution < 1.29 is 53.3 Å². The average Bonchev–Trinajstić information content (AvgIpc) is 3.79. The van der Waals surface area contributed by atoms with Crippen molar-refractivity contribution >= 4 is 81.6 Å². The van der Waals surface area contributed by atoms with Crippen LogP contribution in [0.25, 0.3) is 22.3 Å². The summed E-state index contributed by atoms with van der Waals surface area (Å²) in [7, 11) is 0. The third-order valence-electron chi connectivity index (χ3n) is 7.52. The highest BCUT2D eigenvalue weighted by Crippen LogP contribution is 2.57. The number of imidazole rings is 2. The number of H-pyrrole nitrogens is 2. The van der Waals surface area contributed by atoms with Crippen LogP contribution in [0.15, 0.2) is 22.2 Å². The van der Waals surface area contributed by atoms with E-state index in [0.717, 1.165) is 11.4 Å². The highest BCUT2D eigenvalue weighted by molar-refractivity contribution is 8.67. The largest absolute Gasteiger partial charge is 0.387 e. The topological polar surface area (TPSA) is 347 Å². The second-order valence-electron chi connectivity index (χ2n) is 10.8. The number of nitrogens with one attached hydrogen (secondary N) is 2. The summed E-state index contributed by atoms with van der Waals surface area (Å²) in [6.45, 7) is -5.10. The molecule has 12 N–H and O–H groups in total. The molecule has 28 heteroatoms. The minimum atomic E-state index is -3.92. The molecule has 23 nitrogen and oxygen atoms in total. The Labute approximate surface area is 292 Å². The van der Waals surface area contributed by atoms with Crippen molar-refractivity contribution in [3.63, 3.8) is 0 Å². The molecule has 2 unspecified atom stereocenters. The van der Waals surface area contributed by atoms with Crippen molar-refractivity contribution in [3.05, 3.63) is 33.4 Å². The first kappa shape index (κ1) is 37.3. The number of anilines is 2. The van der Waals surface area contributed by atoms with Gasteiger partial charge in [0.05, 0.1) is 32.5 Å². The summed E-state index contributed by atoms with van der Waals surface area (Å²) < 4.78 is 29.9. The Morgan fingerprint density at radius 1 is 0.800 bits per heavy atom. The molecule has 4 aromatic heterocycles. The van der Waals surface area contributed by atoms with Crippen LogP contribution in [-0.4, -0.2) is 131 Å². The number of fused-ring (bicyclic) bond motifs is 2. The van der Waals surface area contributed by atoms with Crippen molar-refractivity contribution in [2.75, 3.05) is 37.0 Å². The lowest BCUT2D eigenvalue weighted by Gasteiger charge is -2.21. The molecule has 6 rings (SSSR count). The van der Waals surface area contributed by atoms with E-state index in [1.165, 1.54) is 21.8 Å². The van der Waals surface area contributed by atoms with Gasteiger partial charge >= 0.3 is 6.72 Å². The molecule has 0 aromatic carbocycles. The van der Waals surface area contributed by atoms with Gasteiger partial charge in [-0.3, -0.25) is 28.7 Å². The van der Waals surface area contributed by atoms with Crippen molar-refractivity contribution in [1.29, 1.82) is 0 Å². The summed E-state index contributed by atoms with van der Waals surface area (Å²) in [4.78, 5) is 65.8. The van der Waals surface area contributed by atoms with Crippen LogP contribution in [0.1, 0.15) is 12.5 Å². The van der Waals surface area contributed by atoms with E-state index in [0.29, 0.717) is 0 Å². The van der Waals surface area contributed by atoms with E-state index >= 15 is 0 Å². The molecule has 0 amide bonds. The lowest BCUT2D eigenvalue weighted by Crippen LogP contribution is -2.33. The van der Waals surface area contributed by atoms with Crippen LogP contribution in [-0.2, 0) is 46.7 Å². The SMILES string of the molecule is Nc1nc2c(ncn2[C@@H]2O[C@H](COP(O)(=S)OCCSP(O)(=S)OC[C@H]3O[C@@H](n4cnc5c(=O)[nH]c(N)nc54)[C@H](O)[C@@H]3O)[C@@H](O)[C@H]2O)c(=O)[nH]1. The first-order valence-corrected chi connectivity index (χ1v) is 21.1. The number of rotatable bonds is 13. The number of ether oxygens (including phenoxy) is 2. The van der Waals surface area contributed by atoms with Crippen molar-refractivity contribution in [3.8, 4) is 0 Å². The summed E-state index contributed by atoms with van der Waals surface area (Å²) in [5, 5.41) is 42.3. The predicted molar refractivity (Wildman–Crippen MR) is 180 cm³/mol. The third-order valence-corrected chi connectivity index (χ3v) is 13.4. The smallest absolute Gasteiger partial charge is 0.324 e. The zero-order chi connectivity index (χ0) is 36.1. The summed E-state index contributed by atoms with van der Waals surface area (Å²) in [5.74, 6) is -0.413. The number of aromatic amines is 2. The molecule has 2 fully saturated rings. The molecule has 2 aliphatic heterocycles. The lowest BCUT2D eigenvalue weighted by molar-refractivity contribution is -0.0492. The Bertz CT molecular complexity index is 1950. The fraction of sp³-hybridized carbons (Fsp3) is 0.545. The number of nitrogen functional groups attached to an aromatic ring is 2. The van der Waals surface area contributed by atoms with Crippen molar-refractivity contribution in [1.82, 2.24) is 39.0 Å². The average molecular weight is 801 g/mol. The molecule has 0 radical (unpaired) electrons. The molecule has 0 bridgehead atoms. The number of aliphatic hydroxyl groups is 4. The van der Waals surface area contributed by atoms with E-state index in [1.54, 1.807) is 0 Å². The predicted octanol–water partition coefficient (Wildman–Crippen LogP) is -3.13. The molecule has 50 heavy (non-hydrogen) atoms. The van der Waals surface area contributed by atoms with Crippen LogP contribution in [0.4, 0.5) is 11.9 Å². The van der Waals surface area contributed by atoms with Gasteiger partial charge in [-0.05, 0) is 23.6 Å². The first-order chi connectivity index (χ1) is 23.5. The van der Waals surface area contributed by atoms with Gasteiger partial charge in [0.15, 0.2) is 34.8 Å². The number of aromatic nitrogens is 8. The van der Waals surface area contributed by atoms with Gasteiger partial charge in [0.1, 0.15) is 36.6 Å². The molecule has 2 saturated heterocycles. The highest BCUT2D eigenvalue weighted by Gasteiger charge is 2.46. The monoisotopic (exact) mass is 800 g/mol. The van der Waals surface area contributed by atoms with E-state index in [-0.39, 0.29) is 46.6 Å². The molecular weight excluding hydrogens is 770 g/mol. The molecule has 274 valence electrons. The van der Waals surface area contributed by atoms with E-state index < -0.39 is 85.8 Å². The molecule has 0 aliphatic carbocycles. The van der Waals surface area contributed by atoms with Crippen LogP contribution < -0.4 is 22.6 Å². The molecule has 6 heterocycles. The van der Waals surface area contributed by atoms with Gasteiger partial charge in [-0.15, -0.1) is 0 Å². The van der Waals surface area contributed by atoms with Crippen molar-refractivity contribution in [2.45, 2.75) is 49.1 Å². The number of nitrogens with two attached hydrogens (primary N) is 2. The van der Waals surface area contributed by atoms with E-state index in [9.17, 15) is 39.8 Å². The summed E-state index contributed by atoms with van der Waals surface area (Å²) in [6, 6.07) is 0. The lowest BCUT2D eigenvalue weighted by atomic mass is 10.1. The van der Waals surface area contributed by atoms with Gasteiger partial charge in [0, 0.05) is 5.75 Å². The number of hydrogen-bond acceptors (Lipinski definition) is 20. The van der Waals surface area contributed by atoms with Gasteiger partial charge in [-0.25, -0.2) is 9.97 Å². The number of aliphatic hydroxyl groups excluding tert-OH is 4. The van der Waals surface area contributed by atoms with E-state index in [4.69, 9.17) is 58.1 Å². The molecular formula is C22H30N10O13P2S3. The molecule has 0 spiro atoms. The quantitative estimate of drug-likeness (QED) is 0.0472. The minimum absolute atomic E-state index is 0.00464. The molecule has 0 saturated carbocycles. The van der Waals surface area contributed by atoms with Gasteiger partial charge in [-0.1, -0.05) is 11.4 Å². The van der Waals surface area contributed by atoms with Crippen LogP contribution in [0, 0.1) is 0 Å². The minimum Gasteiger partial charge on any atom is -0.387 e. The maximum atomic E-state index is 12.1. The fourth-order valence-corrected chi connectivity index (χ4v) is 9.40. The standard InChI is InChI=1S/C22H30N10O13P2S3/c23-21-27-15-9(17(37)29-21)25-5-31(15)19-13(35)11(33)7(44-19)3-42-46(39,48)41-1-2-50-47(40,49)43-4-8-12(34)14(36)20(45-8)32-6-26-10-16(32)28-22(24)30-18(10)38/h5-8,11-14,19-20,33-36H,1-4H2,(H,39,48)(H,40,49)(H3,23,27,29,37)(H3,24,28,30,38)/t7-,8-,11-,12-,13-,14-,19-,20-,46?,47?/m1/s1. The first-order valence-electron chi connectivity index (χ1n) is 14.3. The molecule has 2 aliphatic rings. The second-order valence-corrected chi connectivity index (χ2v) is 20.0. The van der Waals surface area contributed by atoms with Crippen LogP contribution >= 0.6 is 23.8 Å². The third kappa shape index (κ3) is 7.66. The van der Waals surface area contributed by atoms with Gasteiger partial charge in [0.2, 0.25) is 17.6 Å². The van der Waals surface area contributed by atoms with Crippen LogP contribution in [0.2, 0.25) is 0 Å². The van der Waals surface area contributed by atoms with Gasteiger partial charge in [0.25, 0.3) is 11.1 Å².